The van der Waals surface area contributed by atoms with Gasteiger partial charge < -0.3 is 9.47 Å². The van der Waals surface area contributed by atoms with E-state index in [1.54, 1.807) is 41.6 Å². The van der Waals surface area contributed by atoms with Crippen LogP contribution in [0.15, 0.2) is 46.7 Å². The number of nitrogens with zero attached hydrogens (tertiary/aromatic N) is 3. The Morgan fingerprint density at radius 3 is 2.92 bits per heavy atom. The maximum atomic E-state index is 13.9. The average Bonchev–Trinajstić information content (AvgIpc) is 3.20. The van der Waals surface area contributed by atoms with Gasteiger partial charge in [0, 0.05) is 49.9 Å². The molecular weight excluding hydrogens is 341 g/mol. The van der Waals surface area contributed by atoms with Crippen LogP contribution in [0.4, 0.5) is 4.39 Å². The molecule has 1 fully saturated rings. The lowest BCUT2D eigenvalue weighted by molar-refractivity contribution is -0.131. The van der Waals surface area contributed by atoms with Crippen LogP contribution in [0, 0.1) is 0 Å². The van der Waals surface area contributed by atoms with E-state index in [0.717, 1.165) is 0 Å². The topological polar surface area (TPSA) is 45.5 Å². The minimum absolute atomic E-state index is 0.00135. The summed E-state index contributed by atoms with van der Waals surface area (Å²) in [4.78, 5) is 29.0. The molecule has 0 unspecified atom stereocenters. The number of likely N-dealkylation sites (N-methyl/N-ethyl adjacent to an activating group) is 1. The molecule has 134 valence electrons. The second kappa shape index (κ2) is 7.93. The fourth-order valence-corrected chi connectivity index (χ4v) is 3.91. The number of amides is 1. The molecule has 25 heavy (non-hydrogen) atoms. The van der Waals surface area contributed by atoms with Gasteiger partial charge in [0.1, 0.15) is 12.7 Å². The molecule has 0 saturated carbocycles. The van der Waals surface area contributed by atoms with Crippen molar-refractivity contribution in [3.05, 3.63) is 57.1 Å². The van der Waals surface area contributed by atoms with Crippen molar-refractivity contribution in [3.8, 4) is 0 Å². The van der Waals surface area contributed by atoms with Crippen LogP contribution in [0.1, 0.15) is 11.3 Å². The van der Waals surface area contributed by atoms with Crippen LogP contribution in [0.5, 0.6) is 0 Å². The monoisotopic (exact) mass is 363 g/mol. The number of halogens is 1. The Hall–Kier alpha value is -1.99. The van der Waals surface area contributed by atoms with E-state index >= 15 is 0 Å². The number of likely N-dealkylation sites (tertiary alicyclic amines) is 1. The summed E-state index contributed by atoms with van der Waals surface area (Å²) >= 11 is 1.66. The molecule has 0 aliphatic carbocycles. The van der Waals surface area contributed by atoms with Crippen LogP contribution in [0.3, 0.4) is 0 Å². The van der Waals surface area contributed by atoms with Crippen molar-refractivity contribution < 1.29 is 9.18 Å². The molecule has 2 atom stereocenters. The zero-order valence-electron chi connectivity index (χ0n) is 14.2. The molecule has 5 nitrogen and oxygen atoms in total. The minimum Gasteiger partial charge on any atom is -0.343 e. The van der Waals surface area contributed by atoms with E-state index in [0.29, 0.717) is 26.1 Å². The van der Waals surface area contributed by atoms with Crippen molar-refractivity contribution in [1.82, 2.24) is 14.4 Å². The van der Waals surface area contributed by atoms with Gasteiger partial charge in [-0.15, -0.1) is 11.3 Å². The first-order chi connectivity index (χ1) is 12.0. The molecule has 0 bridgehead atoms. The first-order valence-corrected chi connectivity index (χ1v) is 9.21. The highest BCUT2D eigenvalue weighted by atomic mass is 32.1. The van der Waals surface area contributed by atoms with Crippen molar-refractivity contribution in [3.63, 3.8) is 0 Å². The molecule has 1 saturated heterocycles. The molecule has 0 radical (unpaired) electrons. The van der Waals surface area contributed by atoms with Crippen LogP contribution in [0.2, 0.25) is 0 Å². The zero-order chi connectivity index (χ0) is 17.8. The fraction of sp³-hybridized carbons (Fsp3) is 0.444. The Kier molecular flexibility index (Phi) is 5.65. The van der Waals surface area contributed by atoms with Crippen LogP contribution in [-0.4, -0.2) is 52.6 Å². The highest BCUT2D eigenvalue weighted by Crippen LogP contribution is 2.24. The molecule has 1 amide bonds. The van der Waals surface area contributed by atoms with Crippen LogP contribution in [0.25, 0.3) is 0 Å². The normalized spacial score (nSPS) is 20.7. The number of hydrogen-bond donors (Lipinski definition) is 0. The third-order valence-electron chi connectivity index (χ3n) is 4.53. The minimum atomic E-state index is -0.856. The first kappa shape index (κ1) is 17.8. The third kappa shape index (κ3) is 4.55. The molecule has 1 aliphatic heterocycles. The van der Waals surface area contributed by atoms with Gasteiger partial charge in [0.25, 0.3) is 5.56 Å². The molecule has 0 aromatic carbocycles. The van der Waals surface area contributed by atoms with Gasteiger partial charge in [-0.25, -0.2) is 4.39 Å². The summed E-state index contributed by atoms with van der Waals surface area (Å²) in [5.41, 5.74) is -0.201. The molecule has 0 N–H and O–H groups in total. The summed E-state index contributed by atoms with van der Waals surface area (Å²) in [6.45, 7) is 1.59. The summed E-state index contributed by atoms with van der Waals surface area (Å²) in [5.74, 6) is -0.147. The fourth-order valence-electron chi connectivity index (χ4n) is 3.18. The summed E-state index contributed by atoms with van der Waals surface area (Å²) in [7, 11) is 1.71. The van der Waals surface area contributed by atoms with Gasteiger partial charge in [-0.05, 0) is 23.9 Å². The average molecular weight is 363 g/mol. The van der Waals surface area contributed by atoms with Crippen molar-refractivity contribution in [2.45, 2.75) is 31.7 Å². The third-order valence-corrected chi connectivity index (χ3v) is 5.39. The van der Waals surface area contributed by atoms with Crippen molar-refractivity contribution in [2.75, 3.05) is 20.1 Å². The molecule has 1 aliphatic rings. The van der Waals surface area contributed by atoms with Gasteiger partial charge in [-0.3, -0.25) is 14.5 Å². The highest BCUT2D eigenvalue weighted by Gasteiger charge is 2.33. The molecule has 0 spiro atoms. The van der Waals surface area contributed by atoms with E-state index in [9.17, 15) is 14.0 Å². The second-order valence-electron chi connectivity index (χ2n) is 6.44. The number of rotatable bonds is 6. The Morgan fingerprint density at radius 2 is 2.20 bits per heavy atom. The lowest BCUT2D eigenvalue weighted by Gasteiger charge is -2.28. The summed E-state index contributed by atoms with van der Waals surface area (Å²) in [6.07, 6.45) is 1.18. The molecule has 2 aromatic rings. The Labute approximate surface area is 150 Å². The van der Waals surface area contributed by atoms with Gasteiger partial charge in [-0.2, -0.15) is 0 Å². The maximum Gasteiger partial charge on any atom is 0.250 e. The highest BCUT2D eigenvalue weighted by molar-refractivity contribution is 7.09. The molecule has 3 rings (SSSR count). The van der Waals surface area contributed by atoms with Crippen LogP contribution >= 0.6 is 11.3 Å². The van der Waals surface area contributed by atoms with Crippen LogP contribution < -0.4 is 5.56 Å². The molecular formula is C18H22FN3O2S. The smallest absolute Gasteiger partial charge is 0.250 e. The predicted octanol–water partition coefficient (Wildman–Crippen LogP) is 1.98. The SMILES string of the molecule is CN(C[C@@H]1C[C@H](F)CN1Cc1cccs1)C(=O)Cn1ccccc1=O. The number of hydrogen-bond acceptors (Lipinski definition) is 4. The summed E-state index contributed by atoms with van der Waals surface area (Å²) in [5, 5.41) is 2.01. The van der Waals surface area contributed by atoms with E-state index in [1.807, 2.05) is 17.5 Å². The van der Waals surface area contributed by atoms with Crippen molar-refractivity contribution in [1.29, 1.82) is 0 Å². The number of pyridine rings is 1. The number of carbonyl (C=O) groups is 1. The Bertz CT molecular complexity index is 762. The van der Waals surface area contributed by atoms with E-state index in [1.165, 1.54) is 15.5 Å². The van der Waals surface area contributed by atoms with E-state index in [2.05, 4.69) is 4.90 Å². The summed E-state index contributed by atoms with van der Waals surface area (Å²) < 4.78 is 15.3. The molecule has 3 heterocycles. The first-order valence-electron chi connectivity index (χ1n) is 8.33. The lowest BCUT2D eigenvalue weighted by atomic mass is 10.2. The van der Waals surface area contributed by atoms with Crippen LogP contribution in [-0.2, 0) is 17.9 Å². The van der Waals surface area contributed by atoms with Gasteiger partial charge in [0.05, 0.1) is 0 Å². The van der Waals surface area contributed by atoms with Crippen molar-refractivity contribution >= 4 is 17.2 Å². The number of thiophene rings is 1. The van der Waals surface area contributed by atoms with E-state index in [-0.39, 0.29) is 24.1 Å². The summed E-state index contributed by atoms with van der Waals surface area (Å²) in [6, 6.07) is 8.84. The lowest BCUT2D eigenvalue weighted by Crippen LogP contribution is -2.42. The largest absolute Gasteiger partial charge is 0.343 e. The predicted molar refractivity (Wildman–Crippen MR) is 96.4 cm³/mol. The standard InChI is InChI=1S/C18H22FN3O2S/c1-20(18(24)13-21-7-3-2-6-17(21)23)11-15-9-14(19)10-22(15)12-16-5-4-8-25-16/h2-8,14-15H,9-13H2,1H3/t14-,15-/m0/s1. The van der Waals surface area contributed by atoms with E-state index in [4.69, 9.17) is 0 Å². The van der Waals surface area contributed by atoms with Crippen molar-refractivity contribution in [2.24, 2.45) is 0 Å². The second-order valence-corrected chi connectivity index (χ2v) is 7.47. The number of aromatic nitrogens is 1. The molecule has 7 heteroatoms. The van der Waals surface area contributed by atoms with Gasteiger partial charge in [0.2, 0.25) is 5.91 Å². The Morgan fingerprint density at radius 1 is 1.36 bits per heavy atom. The van der Waals surface area contributed by atoms with Gasteiger partial charge in [-0.1, -0.05) is 12.1 Å². The van der Waals surface area contributed by atoms with Gasteiger partial charge in [0.15, 0.2) is 0 Å². The zero-order valence-corrected chi connectivity index (χ0v) is 15.0. The number of carbonyl (C=O) groups excluding carboxylic acids is 1. The Balaban J connectivity index is 1.60. The molecule has 2 aromatic heterocycles. The number of alkyl halides is 1. The maximum absolute atomic E-state index is 13.9. The van der Waals surface area contributed by atoms with Gasteiger partial charge >= 0.3 is 0 Å². The van der Waals surface area contributed by atoms with E-state index < -0.39 is 6.17 Å². The quantitative estimate of drug-likeness (QED) is 0.788.